The van der Waals surface area contributed by atoms with Crippen molar-refractivity contribution < 1.29 is 4.74 Å². The van der Waals surface area contributed by atoms with Gasteiger partial charge in [0, 0.05) is 18.6 Å². The third-order valence-electron chi connectivity index (χ3n) is 4.30. The predicted octanol–water partition coefficient (Wildman–Crippen LogP) is 2.82. The molecule has 2 rings (SSSR count). The molecule has 0 spiro atoms. The van der Waals surface area contributed by atoms with Crippen LogP contribution in [0.25, 0.3) is 0 Å². The Kier molecular flexibility index (Phi) is 4.16. The van der Waals surface area contributed by atoms with E-state index in [1.165, 1.54) is 12.0 Å². The van der Waals surface area contributed by atoms with Crippen LogP contribution in [0.2, 0.25) is 0 Å². The summed E-state index contributed by atoms with van der Waals surface area (Å²) in [5.74, 6) is 0.880. The summed E-state index contributed by atoms with van der Waals surface area (Å²) in [7, 11) is 1.68. The Morgan fingerprint density at radius 2 is 1.89 bits per heavy atom. The first kappa shape index (κ1) is 14.4. The van der Waals surface area contributed by atoms with Crippen LogP contribution in [-0.4, -0.2) is 31.1 Å². The molecule has 1 aromatic carbocycles. The molecule has 1 saturated heterocycles. The zero-order valence-electron chi connectivity index (χ0n) is 12.5. The van der Waals surface area contributed by atoms with Crippen molar-refractivity contribution in [2.24, 2.45) is 11.1 Å². The molecule has 1 fully saturated rings. The van der Waals surface area contributed by atoms with Crippen molar-refractivity contribution in [3.8, 4) is 5.75 Å². The van der Waals surface area contributed by atoms with Gasteiger partial charge in [0.15, 0.2) is 0 Å². The topological polar surface area (TPSA) is 38.5 Å². The van der Waals surface area contributed by atoms with Gasteiger partial charge in [0.25, 0.3) is 0 Å². The monoisotopic (exact) mass is 262 g/mol. The van der Waals surface area contributed by atoms with Crippen LogP contribution in [0.1, 0.15) is 38.8 Å². The lowest BCUT2D eigenvalue weighted by Gasteiger charge is -2.31. The molecule has 0 radical (unpaired) electrons. The van der Waals surface area contributed by atoms with Crippen molar-refractivity contribution in [3.63, 3.8) is 0 Å². The molecule has 0 aliphatic carbocycles. The standard InChI is InChI=1S/C16H26N2O/c1-12(18-10-9-16(2,3)11-18)15(17)13-5-7-14(19-4)8-6-13/h5-8,12,15H,9-11,17H2,1-4H3. The van der Waals surface area contributed by atoms with Gasteiger partial charge in [0.2, 0.25) is 0 Å². The lowest BCUT2D eigenvalue weighted by molar-refractivity contribution is 0.204. The van der Waals surface area contributed by atoms with E-state index in [-0.39, 0.29) is 6.04 Å². The van der Waals surface area contributed by atoms with Gasteiger partial charge in [0.05, 0.1) is 7.11 Å². The van der Waals surface area contributed by atoms with Crippen LogP contribution in [0.15, 0.2) is 24.3 Å². The van der Waals surface area contributed by atoms with Crippen LogP contribution >= 0.6 is 0 Å². The summed E-state index contributed by atoms with van der Waals surface area (Å²) in [6.07, 6.45) is 1.26. The second-order valence-corrected chi connectivity index (χ2v) is 6.42. The zero-order chi connectivity index (χ0) is 14.0. The average molecular weight is 262 g/mol. The maximum Gasteiger partial charge on any atom is 0.118 e. The molecular formula is C16H26N2O. The number of benzene rings is 1. The van der Waals surface area contributed by atoms with E-state index in [9.17, 15) is 0 Å². The maximum absolute atomic E-state index is 6.42. The number of hydrogen-bond acceptors (Lipinski definition) is 3. The molecule has 2 unspecified atom stereocenters. The molecular weight excluding hydrogens is 236 g/mol. The first-order valence-electron chi connectivity index (χ1n) is 7.06. The van der Waals surface area contributed by atoms with E-state index < -0.39 is 0 Å². The van der Waals surface area contributed by atoms with Crippen LogP contribution in [0.3, 0.4) is 0 Å². The van der Waals surface area contributed by atoms with Crippen molar-refractivity contribution in [1.82, 2.24) is 4.90 Å². The number of hydrogen-bond donors (Lipinski definition) is 1. The van der Waals surface area contributed by atoms with E-state index in [2.05, 4.69) is 37.8 Å². The fourth-order valence-electron chi connectivity index (χ4n) is 2.83. The average Bonchev–Trinajstić information content (AvgIpc) is 2.77. The molecule has 1 aromatic rings. The molecule has 3 heteroatoms. The third kappa shape index (κ3) is 3.28. The number of nitrogens with two attached hydrogens (primary N) is 1. The third-order valence-corrected chi connectivity index (χ3v) is 4.30. The summed E-state index contributed by atoms with van der Waals surface area (Å²) in [6.45, 7) is 9.18. The fourth-order valence-corrected chi connectivity index (χ4v) is 2.83. The highest BCUT2D eigenvalue weighted by molar-refractivity contribution is 5.29. The van der Waals surface area contributed by atoms with Crippen LogP contribution < -0.4 is 10.5 Å². The van der Waals surface area contributed by atoms with Crippen molar-refractivity contribution in [1.29, 1.82) is 0 Å². The van der Waals surface area contributed by atoms with Gasteiger partial charge < -0.3 is 10.5 Å². The summed E-state index contributed by atoms with van der Waals surface area (Å²) >= 11 is 0. The van der Waals surface area contributed by atoms with Gasteiger partial charge in [-0.25, -0.2) is 0 Å². The Balaban J connectivity index is 2.04. The van der Waals surface area contributed by atoms with E-state index >= 15 is 0 Å². The van der Waals surface area contributed by atoms with E-state index in [0.29, 0.717) is 11.5 Å². The summed E-state index contributed by atoms with van der Waals surface area (Å²) in [5, 5.41) is 0. The Morgan fingerprint density at radius 3 is 2.37 bits per heavy atom. The van der Waals surface area contributed by atoms with Gasteiger partial charge in [-0.1, -0.05) is 26.0 Å². The molecule has 3 nitrogen and oxygen atoms in total. The first-order valence-corrected chi connectivity index (χ1v) is 7.06. The normalized spacial score (nSPS) is 22.2. The fraction of sp³-hybridized carbons (Fsp3) is 0.625. The van der Waals surface area contributed by atoms with Crippen molar-refractivity contribution in [2.45, 2.75) is 39.3 Å². The van der Waals surface area contributed by atoms with Crippen LogP contribution in [0.5, 0.6) is 5.75 Å². The smallest absolute Gasteiger partial charge is 0.118 e. The van der Waals surface area contributed by atoms with Crippen molar-refractivity contribution >= 4 is 0 Å². The molecule has 0 aromatic heterocycles. The van der Waals surface area contributed by atoms with E-state index in [1.54, 1.807) is 7.11 Å². The van der Waals surface area contributed by atoms with Crippen molar-refractivity contribution in [2.75, 3.05) is 20.2 Å². The number of ether oxygens (including phenoxy) is 1. The minimum Gasteiger partial charge on any atom is -0.497 e. The maximum atomic E-state index is 6.42. The molecule has 19 heavy (non-hydrogen) atoms. The lowest BCUT2D eigenvalue weighted by atomic mass is 9.93. The van der Waals surface area contributed by atoms with E-state index in [4.69, 9.17) is 10.5 Å². The number of nitrogens with zero attached hydrogens (tertiary/aromatic N) is 1. The lowest BCUT2D eigenvalue weighted by Crippen LogP contribution is -2.40. The Morgan fingerprint density at radius 1 is 1.26 bits per heavy atom. The predicted molar refractivity (Wildman–Crippen MR) is 79.4 cm³/mol. The first-order chi connectivity index (χ1) is 8.93. The molecule has 1 aliphatic rings. The number of methoxy groups -OCH3 is 1. The molecule has 2 N–H and O–H groups in total. The SMILES string of the molecule is COc1ccc(C(N)C(C)N2CCC(C)(C)C2)cc1. The second kappa shape index (κ2) is 5.51. The molecule has 0 amide bonds. The minimum atomic E-state index is 0.0554. The summed E-state index contributed by atoms with van der Waals surface area (Å²) in [4.78, 5) is 2.51. The van der Waals surface area contributed by atoms with Gasteiger partial charge >= 0.3 is 0 Å². The van der Waals surface area contributed by atoms with E-state index in [0.717, 1.165) is 18.8 Å². The molecule has 2 atom stereocenters. The van der Waals surface area contributed by atoms with Gasteiger partial charge in [-0.05, 0) is 43.0 Å². The quantitative estimate of drug-likeness (QED) is 0.907. The Hall–Kier alpha value is -1.06. The van der Waals surface area contributed by atoms with Gasteiger partial charge in [-0.3, -0.25) is 4.90 Å². The molecule has 1 aliphatic heterocycles. The highest BCUT2D eigenvalue weighted by Gasteiger charge is 2.33. The molecule has 1 heterocycles. The van der Waals surface area contributed by atoms with Gasteiger partial charge in [-0.2, -0.15) is 0 Å². The molecule has 106 valence electrons. The largest absolute Gasteiger partial charge is 0.497 e. The zero-order valence-corrected chi connectivity index (χ0v) is 12.5. The minimum absolute atomic E-state index is 0.0554. The number of rotatable bonds is 4. The van der Waals surface area contributed by atoms with Crippen molar-refractivity contribution in [3.05, 3.63) is 29.8 Å². The van der Waals surface area contributed by atoms with Gasteiger partial charge in [0.1, 0.15) is 5.75 Å². The Bertz CT molecular complexity index is 413. The highest BCUT2D eigenvalue weighted by atomic mass is 16.5. The number of likely N-dealkylation sites (tertiary alicyclic amines) is 1. The Labute approximate surface area is 116 Å². The second-order valence-electron chi connectivity index (χ2n) is 6.42. The van der Waals surface area contributed by atoms with Crippen LogP contribution in [-0.2, 0) is 0 Å². The van der Waals surface area contributed by atoms with Crippen LogP contribution in [0, 0.1) is 5.41 Å². The van der Waals surface area contributed by atoms with E-state index in [1.807, 2.05) is 12.1 Å². The van der Waals surface area contributed by atoms with Gasteiger partial charge in [-0.15, -0.1) is 0 Å². The van der Waals surface area contributed by atoms with Crippen LogP contribution in [0.4, 0.5) is 0 Å². The summed E-state index contributed by atoms with van der Waals surface area (Å²) in [5.41, 5.74) is 8.02. The summed E-state index contributed by atoms with van der Waals surface area (Å²) in [6, 6.07) is 8.53. The molecule has 0 saturated carbocycles. The molecule has 0 bridgehead atoms. The summed E-state index contributed by atoms with van der Waals surface area (Å²) < 4.78 is 5.19. The highest BCUT2D eigenvalue weighted by Crippen LogP contribution is 2.32.